The Labute approximate surface area is 187 Å². The van der Waals surface area contributed by atoms with E-state index in [0.29, 0.717) is 11.7 Å². The van der Waals surface area contributed by atoms with Gasteiger partial charge in [-0.1, -0.05) is 18.2 Å². The molecule has 5 rings (SSSR count). The highest BCUT2D eigenvalue weighted by Crippen LogP contribution is 2.26. The maximum atomic E-state index is 13.3. The van der Waals surface area contributed by atoms with E-state index in [1.165, 1.54) is 0 Å². The molecule has 0 radical (unpaired) electrons. The number of pyridine rings is 1. The van der Waals surface area contributed by atoms with Crippen molar-refractivity contribution < 1.29 is 9.53 Å². The van der Waals surface area contributed by atoms with E-state index in [-0.39, 0.29) is 5.91 Å². The molecule has 4 heterocycles. The third kappa shape index (κ3) is 3.54. The first-order valence-corrected chi connectivity index (χ1v) is 10.8. The number of nitrogens with zero attached hydrogens (tertiary/aromatic N) is 5. The maximum Gasteiger partial charge on any atom is 0.272 e. The van der Waals surface area contributed by atoms with Gasteiger partial charge in [0.25, 0.3) is 5.91 Å². The van der Waals surface area contributed by atoms with Crippen LogP contribution in [0.5, 0.6) is 5.75 Å². The Balaban J connectivity index is 1.51. The number of hydrogen-bond donors (Lipinski definition) is 0. The van der Waals surface area contributed by atoms with Crippen molar-refractivity contribution in [2.45, 2.75) is 12.5 Å². The Morgan fingerprint density at radius 2 is 1.94 bits per heavy atom. The molecular formula is C25H27N5O2. The predicted molar refractivity (Wildman–Crippen MR) is 125 cm³/mol. The van der Waals surface area contributed by atoms with Crippen molar-refractivity contribution in [1.82, 2.24) is 24.0 Å². The summed E-state index contributed by atoms with van der Waals surface area (Å²) in [5.74, 6) is 1.67. The van der Waals surface area contributed by atoms with E-state index in [1.807, 2.05) is 35.2 Å². The number of likely N-dealkylation sites (tertiary alicyclic amines) is 1. The minimum atomic E-state index is 0.0192. The van der Waals surface area contributed by atoms with Crippen LogP contribution >= 0.6 is 0 Å². The van der Waals surface area contributed by atoms with E-state index in [0.717, 1.165) is 47.7 Å². The minimum Gasteiger partial charge on any atom is -0.497 e. The molecule has 0 unspecified atom stereocenters. The smallest absolute Gasteiger partial charge is 0.272 e. The molecule has 1 aromatic carbocycles. The summed E-state index contributed by atoms with van der Waals surface area (Å²) in [5.41, 5.74) is 3.74. The number of methoxy groups -OCH3 is 1. The van der Waals surface area contributed by atoms with Crippen molar-refractivity contribution >= 4 is 11.4 Å². The van der Waals surface area contributed by atoms with Gasteiger partial charge < -0.3 is 18.9 Å². The van der Waals surface area contributed by atoms with E-state index in [2.05, 4.69) is 52.9 Å². The third-order valence-electron chi connectivity index (χ3n) is 6.29. The fourth-order valence-electron chi connectivity index (χ4n) is 4.39. The number of carbonyl (C=O) groups excluding carboxylic acids is 1. The van der Waals surface area contributed by atoms with Crippen LogP contribution in [0.1, 0.15) is 16.9 Å². The van der Waals surface area contributed by atoms with Gasteiger partial charge in [-0.25, -0.2) is 4.68 Å². The summed E-state index contributed by atoms with van der Waals surface area (Å²) in [6.07, 6.45) is 4.76. The molecule has 3 aromatic heterocycles. The van der Waals surface area contributed by atoms with Crippen molar-refractivity contribution in [3.05, 3.63) is 72.7 Å². The second kappa shape index (κ2) is 8.16. The molecule has 7 heteroatoms. The standard InChI is InChI=1S/C25H27N5O2/c1-27(2)21-12-14-28(17-21)25(31)23-11-13-26-30(23)24-10-9-20-8-7-19(16-29(20)24)18-5-4-6-22(15-18)32-3/h4-11,13,15-16,21H,12,14,17H2,1-3H3/t21-/m0/s1. The summed E-state index contributed by atoms with van der Waals surface area (Å²) in [6, 6.07) is 18.4. The highest BCUT2D eigenvalue weighted by molar-refractivity contribution is 5.93. The van der Waals surface area contributed by atoms with E-state index >= 15 is 0 Å². The summed E-state index contributed by atoms with van der Waals surface area (Å²) in [6.45, 7) is 1.51. The minimum absolute atomic E-state index is 0.0192. The lowest BCUT2D eigenvalue weighted by Gasteiger charge is -2.20. The lowest BCUT2D eigenvalue weighted by atomic mass is 10.1. The highest BCUT2D eigenvalue weighted by atomic mass is 16.5. The molecule has 164 valence electrons. The average Bonchev–Trinajstić information content (AvgIpc) is 3.57. The van der Waals surface area contributed by atoms with Crippen LogP contribution in [0.2, 0.25) is 0 Å². The topological polar surface area (TPSA) is 55.0 Å². The van der Waals surface area contributed by atoms with Gasteiger partial charge in [-0.3, -0.25) is 4.79 Å². The number of hydrogen-bond acceptors (Lipinski definition) is 4. The van der Waals surface area contributed by atoms with Crippen molar-refractivity contribution in [2.75, 3.05) is 34.3 Å². The zero-order valence-electron chi connectivity index (χ0n) is 18.6. The van der Waals surface area contributed by atoms with Gasteiger partial charge in [0.1, 0.15) is 17.3 Å². The molecule has 4 aromatic rings. The largest absolute Gasteiger partial charge is 0.497 e. The number of likely N-dealkylation sites (N-methyl/N-ethyl adjacent to an activating group) is 1. The van der Waals surface area contributed by atoms with E-state index < -0.39 is 0 Å². The molecule has 0 aliphatic carbocycles. The number of aromatic nitrogens is 3. The molecule has 1 aliphatic heterocycles. The van der Waals surface area contributed by atoms with Gasteiger partial charge in [0.15, 0.2) is 0 Å². The number of ether oxygens (including phenoxy) is 1. The van der Waals surface area contributed by atoms with Crippen LogP contribution in [0, 0.1) is 0 Å². The molecule has 0 N–H and O–H groups in total. The normalized spacial score (nSPS) is 16.2. The summed E-state index contributed by atoms with van der Waals surface area (Å²) < 4.78 is 9.20. The quantitative estimate of drug-likeness (QED) is 0.487. The Hall–Kier alpha value is -3.58. The Kier molecular flexibility index (Phi) is 5.19. The van der Waals surface area contributed by atoms with Crippen LogP contribution in [0.3, 0.4) is 0 Å². The van der Waals surface area contributed by atoms with Crippen LogP contribution in [0.25, 0.3) is 22.5 Å². The molecule has 1 atom stereocenters. The van der Waals surface area contributed by atoms with E-state index in [9.17, 15) is 4.79 Å². The van der Waals surface area contributed by atoms with Crippen LogP contribution in [-0.2, 0) is 0 Å². The van der Waals surface area contributed by atoms with Gasteiger partial charge in [-0.2, -0.15) is 5.10 Å². The first-order valence-electron chi connectivity index (χ1n) is 10.8. The third-order valence-corrected chi connectivity index (χ3v) is 6.29. The SMILES string of the molecule is COc1cccc(-c2ccc3ccc(-n4nccc4C(=O)N4CC[C@H](N(C)C)C4)n3c2)c1. The lowest BCUT2D eigenvalue weighted by molar-refractivity contribution is 0.0774. The van der Waals surface area contributed by atoms with Gasteiger partial charge in [-0.15, -0.1) is 0 Å². The van der Waals surface area contributed by atoms with Gasteiger partial charge in [0, 0.05) is 30.8 Å². The molecule has 1 saturated heterocycles. The molecule has 1 aliphatic rings. The first-order chi connectivity index (χ1) is 15.5. The van der Waals surface area contributed by atoms with Crippen molar-refractivity contribution in [3.63, 3.8) is 0 Å². The van der Waals surface area contributed by atoms with Gasteiger partial charge >= 0.3 is 0 Å². The molecule has 0 bridgehead atoms. The average molecular weight is 430 g/mol. The molecule has 1 amide bonds. The summed E-state index contributed by atoms with van der Waals surface area (Å²) >= 11 is 0. The van der Waals surface area contributed by atoms with Crippen LogP contribution < -0.4 is 4.74 Å². The fraction of sp³-hybridized carbons (Fsp3) is 0.280. The maximum absolute atomic E-state index is 13.3. The summed E-state index contributed by atoms with van der Waals surface area (Å²) in [7, 11) is 5.80. The summed E-state index contributed by atoms with van der Waals surface area (Å²) in [4.78, 5) is 17.4. The molecule has 7 nitrogen and oxygen atoms in total. The zero-order valence-corrected chi connectivity index (χ0v) is 18.6. The lowest BCUT2D eigenvalue weighted by Crippen LogP contribution is -2.35. The molecule has 1 fully saturated rings. The highest BCUT2D eigenvalue weighted by Gasteiger charge is 2.30. The van der Waals surface area contributed by atoms with Gasteiger partial charge in [0.2, 0.25) is 0 Å². The monoisotopic (exact) mass is 429 g/mol. The van der Waals surface area contributed by atoms with E-state index in [1.54, 1.807) is 24.1 Å². The fourth-order valence-corrected chi connectivity index (χ4v) is 4.39. The van der Waals surface area contributed by atoms with Crippen molar-refractivity contribution in [1.29, 1.82) is 0 Å². The molecular weight excluding hydrogens is 402 g/mol. The Bertz CT molecular complexity index is 1270. The van der Waals surface area contributed by atoms with Gasteiger partial charge in [0.05, 0.1) is 13.3 Å². The molecule has 32 heavy (non-hydrogen) atoms. The Morgan fingerprint density at radius 1 is 1.09 bits per heavy atom. The summed E-state index contributed by atoms with van der Waals surface area (Å²) in [5, 5.41) is 4.50. The Morgan fingerprint density at radius 3 is 2.72 bits per heavy atom. The van der Waals surface area contributed by atoms with Crippen LogP contribution in [0.4, 0.5) is 0 Å². The second-order valence-corrected chi connectivity index (χ2v) is 8.42. The predicted octanol–water partition coefficient (Wildman–Crippen LogP) is 3.58. The number of benzene rings is 1. The van der Waals surface area contributed by atoms with Crippen molar-refractivity contribution in [2.24, 2.45) is 0 Å². The number of amides is 1. The molecule has 0 saturated carbocycles. The first kappa shape index (κ1) is 20.3. The second-order valence-electron chi connectivity index (χ2n) is 8.42. The van der Waals surface area contributed by atoms with Crippen LogP contribution in [-0.4, -0.2) is 70.2 Å². The molecule has 0 spiro atoms. The zero-order chi connectivity index (χ0) is 22.2. The number of fused-ring (bicyclic) bond motifs is 1. The van der Waals surface area contributed by atoms with Crippen LogP contribution in [0.15, 0.2) is 67.0 Å². The van der Waals surface area contributed by atoms with Crippen molar-refractivity contribution in [3.8, 4) is 22.7 Å². The number of rotatable bonds is 5. The van der Waals surface area contributed by atoms with E-state index in [4.69, 9.17) is 4.74 Å². The number of carbonyl (C=O) groups is 1. The van der Waals surface area contributed by atoms with Gasteiger partial charge in [-0.05, 0) is 68.0 Å².